The predicted octanol–water partition coefficient (Wildman–Crippen LogP) is 3.17. The first-order chi connectivity index (χ1) is 10.1. The number of hydrogen-bond donors (Lipinski definition) is 2. The summed E-state index contributed by atoms with van der Waals surface area (Å²) in [7, 11) is 0. The van der Waals surface area contributed by atoms with Gasteiger partial charge < -0.3 is 16.0 Å². The molecule has 4 nitrogen and oxygen atoms in total. The van der Waals surface area contributed by atoms with Crippen molar-refractivity contribution in [3.63, 3.8) is 0 Å². The second-order valence-corrected chi connectivity index (χ2v) is 5.94. The lowest BCUT2D eigenvalue weighted by Crippen LogP contribution is -2.36. The van der Waals surface area contributed by atoms with E-state index >= 15 is 0 Å². The van der Waals surface area contributed by atoms with Crippen molar-refractivity contribution in [3.8, 4) is 0 Å². The number of carbonyl (C=O) groups is 1. The third kappa shape index (κ3) is 2.52. The number of thiocarbonyl (C=S) groups is 1. The van der Waals surface area contributed by atoms with Crippen LogP contribution in [0.3, 0.4) is 0 Å². The topological polar surface area (TPSA) is 58.4 Å². The summed E-state index contributed by atoms with van der Waals surface area (Å²) in [6.07, 6.45) is 0. The molecule has 106 valence electrons. The first-order valence-corrected chi connectivity index (χ1v) is 7.53. The van der Waals surface area contributed by atoms with Crippen LogP contribution in [0.25, 0.3) is 0 Å². The van der Waals surface area contributed by atoms with Crippen molar-refractivity contribution in [3.05, 3.63) is 52.5 Å². The largest absolute Gasteiger partial charge is 0.389 e. The second kappa shape index (κ2) is 5.46. The average molecular weight is 362 g/mol. The molecule has 0 fully saturated rings. The zero-order valence-corrected chi connectivity index (χ0v) is 13.4. The van der Waals surface area contributed by atoms with Crippen LogP contribution in [0.2, 0.25) is 0 Å². The number of fused-ring (bicyclic) bond motifs is 1. The first kappa shape index (κ1) is 14.0. The van der Waals surface area contributed by atoms with Crippen LogP contribution in [0, 0.1) is 0 Å². The minimum absolute atomic E-state index is 0.0671. The summed E-state index contributed by atoms with van der Waals surface area (Å²) in [6, 6.07) is 13.3. The quantitative estimate of drug-likeness (QED) is 0.806. The van der Waals surface area contributed by atoms with Gasteiger partial charge in [-0.1, -0.05) is 30.4 Å². The number of carbonyl (C=O) groups excluding carboxylic acids is 1. The minimum Gasteiger partial charge on any atom is -0.389 e. The molecule has 0 atom stereocenters. The summed E-state index contributed by atoms with van der Waals surface area (Å²) in [5.74, 6) is -0.0671. The van der Waals surface area contributed by atoms with Crippen molar-refractivity contribution < 1.29 is 4.79 Å². The van der Waals surface area contributed by atoms with Gasteiger partial charge in [0.25, 0.3) is 0 Å². The number of para-hydroxylation sites is 2. The lowest BCUT2D eigenvalue weighted by atomic mass is 10.1. The van der Waals surface area contributed by atoms with Gasteiger partial charge in [-0.05, 0) is 40.2 Å². The molecule has 1 aliphatic heterocycles. The molecule has 2 aromatic carbocycles. The highest BCUT2D eigenvalue weighted by atomic mass is 79.9. The summed E-state index contributed by atoms with van der Waals surface area (Å²) >= 11 is 8.63. The highest BCUT2D eigenvalue weighted by Gasteiger charge is 2.25. The van der Waals surface area contributed by atoms with Gasteiger partial charge in [0, 0.05) is 10.0 Å². The summed E-state index contributed by atoms with van der Waals surface area (Å²) in [5.41, 5.74) is 9.11. The monoisotopic (exact) mass is 361 g/mol. The molecule has 1 heterocycles. The van der Waals surface area contributed by atoms with Gasteiger partial charge in [0.05, 0.1) is 17.1 Å². The number of halogens is 1. The van der Waals surface area contributed by atoms with Gasteiger partial charge in [0.15, 0.2) is 0 Å². The van der Waals surface area contributed by atoms with Gasteiger partial charge in [-0.25, -0.2) is 0 Å². The van der Waals surface area contributed by atoms with Crippen LogP contribution < -0.4 is 16.0 Å². The Labute approximate surface area is 136 Å². The number of nitrogens with two attached hydrogens (primary N) is 1. The van der Waals surface area contributed by atoms with E-state index in [1.165, 1.54) is 0 Å². The van der Waals surface area contributed by atoms with Gasteiger partial charge in [0.2, 0.25) is 5.91 Å². The van der Waals surface area contributed by atoms with Crippen molar-refractivity contribution in [1.29, 1.82) is 0 Å². The van der Waals surface area contributed by atoms with Gasteiger partial charge in [-0.15, -0.1) is 0 Å². The smallest absolute Gasteiger partial charge is 0.244 e. The molecule has 21 heavy (non-hydrogen) atoms. The maximum Gasteiger partial charge on any atom is 0.244 e. The minimum atomic E-state index is -0.0671. The van der Waals surface area contributed by atoms with E-state index in [2.05, 4.69) is 21.2 Å². The Morgan fingerprint density at radius 3 is 2.67 bits per heavy atom. The Kier molecular flexibility index (Phi) is 3.65. The number of rotatable bonds is 2. The van der Waals surface area contributed by atoms with Crippen molar-refractivity contribution in [2.75, 3.05) is 16.8 Å². The van der Waals surface area contributed by atoms with Gasteiger partial charge in [-0.3, -0.25) is 4.79 Å². The number of anilines is 3. The van der Waals surface area contributed by atoms with E-state index in [1.54, 1.807) is 0 Å². The number of benzene rings is 2. The molecule has 0 saturated heterocycles. The number of nitrogens with one attached hydrogen (secondary N) is 1. The Hall–Kier alpha value is -1.92. The van der Waals surface area contributed by atoms with E-state index < -0.39 is 0 Å². The molecule has 0 radical (unpaired) electrons. The number of hydrogen-bond acceptors (Lipinski definition) is 3. The van der Waals surface area contributed by atoms with Gasteiger partial charge in [-0.2, -0.15) is 0 Å². The molecular formula is C15H12BrN3OS. The third-order valence-electron chi connectivity index (χ3n) is 3.30. The Bertz CT molecular complexity index is 747. The predicted molar refractivity (Wildman–Crippen MR) is 92.1 cm³/mol. The van der Waals surface area contributed by atoms with Crippen LogP contribution in [0.15, 0.2) is 46.9 Å². The Balaban J connectivity index is 2.20. The SMILES string of the molecule is NC(=S)c1c(Br)cccc1N1CC(=O)Nc2ccccc21. The summed E-state index contributed by atoms with van der Waals surface area (Å²) < 4.78 is 0.816. The Morgan fingerprint density at radius 2 is 1.90 bits per heavy atom. The van der Waals surface area contributed by atoms with E-state index in [9.17, 15) is 4.79 Å². The standard InChI is InChI=1S/C15H12BrN3OS/c16-9-4-3-7-12(14(9)15(17)21)19-8-13(20)18-10-5-1-2-6-11(10)19/h1-7H,8H2,(H2,17,21)(H,18,20). The fourth-order valence-corrected chi connectivity index (χ4v) is 3.34. The third-order valence-corrected chi connectivity index (χ3v) is 4.16. The maximum absolute atomic E-state index is 11.9. The molecule has 0 bridgehead atoms. The van der Waals surface area contributed by atoms with Crippen LogP contribution in [0.5, 0.6) is 0 Å². The van der Waals surface area contributed by atoms with Crippen molar-refractivity contribution in [2.24, 2.45) is 5.73 Å². The molecule has 3 N–H and O–H groups in total. The highest BCUT2D eigenvalue weighted by Crippen LogP contribution is 2.38. The summed E-state index contributed by atoms with van der Waals surface area (Å²) in [6.45, 7) is 0.225. The fraction of sp³-hybridized carbons (Fsp3) is 0.0667. The van der Waals surface area contributed by atoms with Crippen LogP contribution >= 0.6 is 28.1 Å². The van der Waals surface area contributed by atoms with Crippen LogP contribution in [0.1, 0.15) is 5.56 Å². The molecular weight excluding hydrogens is 350 g/mol. The van der Waals surface area contributed by atoms with Crippen LogP contribution in [0.4, 0.5) is 17.1 Å². The van der Waals surface area contributed by atoms with Crippen molar-refractivity contribution in [2.45, 2.75) is 0 Å². The fourth-order valence-electron chi connectivity index (χ4n) is 2.43. The molecule has 0 aliphatic carbocycles. The first-order valence-electron chi connectivity index (χ1n) is 6.32. The summed E-state index contributed by atoms with van der Waals surface area (Å²) in [5, 5.41) is 2.87. The molecule has 1 aliphatic rings. The van der Waals surface area contributed by atoms with E-state index in [0.717, 1.165) is 27.1 Å². The Morgan fingerprint density at radius 1 is 1.19 bits per heavy atom. The molecule has 0 spiro atoms. The van der Waals surface area contributed by atoms with E-state index in [1.807, 2.05) is 47.4 Å². The van der Waals surface area contributed by atoms with Gasteiger partial charge >= 0.3 is 0 Å². The van der Waals surface area contributed by atoms with Crippen LogP contribution in [-0.4, -0.2) is 17.4 Å². The zero-order chi connectivity index (χ0) is 15.0. The van der Waals surface area contributed by atoms with E-state index in [4.69, 9.17) is 18.0 Å². The molecule has 6 heteroatoms. The maximum atomic E-state index is 11.9. The van der Waals surface area contributed by atoms with E-state index in [0.29, 0.717) is 4.99 Å². The molecule has 0 aromatic heterocycles. The average Bonchev–Trinajstić information content (AvgIpc) is 2.45. The number of amides is 1. The van der Waals surface area contributed by atoms with Gasteiger partial charge in [0.1, 0.15) is 11.5 Å². The molecule has 0 saturated carbocycles. The zero-order valence-electron chi connectivity index (χ0n) is 11.0. The van der Waals surface area contributed by atoms with Crippen molar-refractivity contribution in [1.82, 2.24) is 0 Å². The molecule has 3 rings (SSSR count). The van der Waals surface area contributed by atoms with E-state index in [-0.39, 0.29) is 12.5 Å². The lowest BCUT2D eigenvalue weighted by Gasteiger charge is -2.32. The summed E-state index contributed by atoms with van der Waals surface area (Å²) in [4.78, 5) is 14.2. The molecule has 1 amide bonds. The molecule has 2 aromatic rings. The normalized spacial score (nSPS) is 13.6. The highest BCUT2D eigenvalue weighted by molar-refractivity contribution is 9.10. The second-order valence-electron chi connectivity index (χ2n) is 4.65. The lowest BCUT2D eigenvalue weighted by molar-refractivity contribution is -0.115. The van der Waals surface area contributed by atoms with Crippen molar-refractivity contribution >= 4 is 56.1 Å². The molecule has 0 unspecified atom stereocenters. The number of nitrogens with zero attached hydrogens (tertiary/aromatic N) is 1. The van der Waals surface area contributed by atoms with Crippen LogP contribution in [-0.2, 0) is 4.79 Å².